The molecule has 0 N–H and O–H groups in total. The van der Waals surface area contributed by atoms with Crippen molar-refractivity contribution in [1.29, 1.82) is 0 Å². The Bertz CT molecular complexity index is 723. The van der Waals surface area contributed by atoms with E-state index in [0.717, 1.165) is 16.6 Å². The molecule has 2 aromatic carbocycles. The molecule has 0 spiro atoms. The summed E-state index contributed by atoms with van der Waals surface area (Å²) in [5, 5.41) is 11.6. The molecule has 6 heteroatoms. The molecule has 0 radical (unpaired) electrons. The largest absolute Gasteiger partial charge is 0.496 e. The van der Waals surface area contributed by atoms with Crippen LogP contribution in [0.2, 0.25) is 0 Å². The first-order valence-corrected chi connectivity index (χ1v) is 8.61. The van der Waals surface area contributed by atoms with Gasteiger partial charge in [-0.15, -0.1) is 0 Å². The predicted molar refractivity (Wildman–Crippen MR) is 95.9 cm³/mol. The van der Waals surface area contributed by atoms with Gasteiger partial charge >= 0.3 is 0 Å². The summed E-state index contributed by atoms with van der Waals surface area (Å²) >= 11 is 3.46. The van der Waals surface area contributed by atoms with Gasteiger partial charge in [-0.3, -0.25) is 15.0 Å². The van der Waals surface area contributed by atoms with Crippen molar-refractivity contribution in [3.8, 4) is 5.75 Å². The van der Waals surface area contributed by atoms with Crippen molar-refractivity contribution < 1.29 is 9.66 Å². The van der Waals surface area contributed by atoms with E-state index in [-0.39, 0.29) is 10.8 Å². The summed E-state index contributed by atoms with van der Waals surface area (Å²) in [7, 11) is 1.60. The Morgan fingerprint density at radius 1 is 1.25 bits per heavy atom. The molecular formula is C18H19BrN2O3. The second-order valence-corrected chi connectivity index (χ2v) is 6.94. The molecule has 126 valence electrons. The van der Waals surface area contributed by atoms with Crippen molar-refractivity contribution in [3.63, 3.8) is 0 Å². The average molecular weight is 391 g/mol. The van der Waals surface area contributed by atoms with E-state index in [2.05, 4.69) is 20.8 Å². The van der Waals surface area contributed by atoms with Crippen LogP contribution in [0.15, 0.2) is 53.0 Å². The SMILES string of the molecule is COc1ccc(Br)cc1C1CN(Cc2ccccc2)CC1[N+](=O)[O-]. The van der Waals surface area contributed by atoms with Crippen LogP contribution in [-0.4, -0.2) is 36.1 Å². The maximum absolute atomic E-state index is 11.6. The number of hydrogen-bond acceptors (Lipinski definition) is 4. The van der Waals surface area contributed by atoms with Gasteiger partial charge in [0.25, 0.3) is 0 Å². The van der Waals surface area contributed by atoms with Gasteiger partial charge in [0.1, 0.15) is 5.75 Å². The Balaban J connectivity index is 1.86. The van der Waals surface area contributed by atoms with Crippen LogP contribution >= 0.6 is 15.9 Å². The summed E-state index contributed by atoms with van der Waals surface area (Å²) in [5.74, 6) is 0.521. The topological polar surface area (TPSA) is 55.6 Å². The van der Waals surface area contributed by atoms with E-state index in [1.54, 1.807) is 7.11 Å². The van der Waals surface area contributed by atoms with Crippen LogP contribution in [0.4, 0.5) is 0 Å². The highest BCUT2D eigenvalue weighted by molar-refractivity contribution is 9.10. The van der Waals surface area contributed by atoms with Crippen molar-refractivity contribution in [2.45, 2.75) is 18.5 Å². The van der Waals surface area contributed by atoms with Crippen LogP contribution < -0.4 is 4.74 Å². The zero-order chi connectivity index (χ0) is 17.1. The van der Waals surface area contributed by atoms with Gasteiger partial charge in [-0.2, -0.15) is 0 Å². The summed E-state index contributed by atoms with van der Waals surface area (Å²) in [6.45, 7) is 1.81. The number of methoxy groups -OCH3 is 1. The molecule has 0 saturated carbocycles. The fourth-order valence-electron chi connectivity index (χ4n) is 3.35. The zero-order valence-electron chi connectivity index (χ0n) is 13.4. The smallest absolute Gasteiger partial charge is 0.233 e. The first kappa shape index (κ1) is 16.9. The molecule has 3 rings (SSSR count). The molecule has 24 heavy (non-hydrogen) atoms. The van der Waals surface area contributed by atoms with Gasteiger partial charge in [0.05, 0.1) is 19.6 Å². The van der Waals surface area contributed by atoms with Crippen molar-refractivity contribution in [2.24, 2.45) is 0 Å². The second-order valence-electron chi connectivity index (χ2n) is 6.03. The van der Waals surface area contributed by atoms with E-state index < -0.39 is 6.04 Å². The Kier molecular flexibility index (Phi) is 5.16. The Morgan fingerprint density at radius 2 is 2.00 bits per heavy atom. The number of rotatable bonds is 5. The molecule has 5 nitrogen and oxygen atoms in total. The number of benzene rings is 2. The first-order chi connectivity index (χ1) is 11.6. The lowest BCUT2D eigenvalue weighted by Crippen LogP contribution is -2.28. The lowest BCUT2D eigenvalue weighted by molar-refractivity contribution is -0.521. The van der Waals surface area contributed by atoms with Crippen molar-refractivity contribution in [1.82, 2.24) is 4.90 Å². The minimum absolute atomic E-state index is 0.157. The minimum atomic E-state index is -0.628. The number of nitro groups is 1. The standard InChI is InChI=1S/C18H19BrN2O3/c1-24-18-8-7-14(19)9-15(18)16-11-20(12-17(16)21(22)23)10-13-5-3-2-4-6-13/h2-9,16-17H,10-12H2,1H3. The van der Waals surface area contributed by atoms with Gasteiger partial charge in [-0.05, 0) is 23.8 Å². The molecule has 0 aromatic heterocycles. The summed E-state index contributed by atoms with van der Waals surface area (Å²) < 4.78 is 6.34. The molecule has 0 amide bonds. The summed E-state index contributed by atoms with van der Waals surface area (Å²) in [5.41, 5.74) is 2.06. The number of likely N-dealkylation sites (tertiary alicyclic amines) is 1. The molecule has 2 atom stereocenters. The molecule has 1 saturated heterocycles. The van der Waals surface area contributed by atoms with E-state index in [1.807, 2.05) is 48.5 Å². The zero-order valence-corrected chi connectivity index (χ0v) is 15.0. The minimum Gasteiger partial charge on any atom is -0.496 e. The third-order valence-electron chi connectivity index (χ3n) is 4.48. The van der Waals surface area contributed by atoms with E-state index in [4.69, 9.17) is 4.74 Å². The van der Waals surface area contributed by atoms with E-state index in [9.17, 15) is 10.1 Å². The normalized spacial score (nSPS) is 20.9. The Labute approximate surface area is 149 Å². The van der Waals surface area contributed by atoms with Crippen LogP contribution in [-0.2, 0) is 6.54 Å². The first-order valence-electron chi connectivity index (χ1n) is 7.81. The van der Waals surface area contributed by atoms with Crippen molar-refractivity contribution in [2.75, 3.05) is 20.2 Å². The molecule has 0 aliphatic carbocycles. The average Bonchev–Trinajstić information content (AvgIpc) is 2.99. The van der Waals surface area contributed by atoms with Crippen LogP contribution in [0.3, 0.4) is 0 Å². The van der Waals surface area contributed by atoms with E-state index in [1.165, 1.54) is 5.56 Å². The van der Waals surface area contributed by atoms with Crippen LogP contribution in [0.25, 0.3) is 0 Å². The molecule has 1 heterocycles. The second kappa shape index (κ2) is 7.32. The van der Waals surface area contributed by atoms with E-state index >= 15 is 0 Å². The number of nitrogens with zero attached hydrogens (tertiary/aromatic N) is 2. The molecule has 1 aliphatic heterocycles. The Hall–Kier alpha value is -1.92. The fraction of sp³-hybridized carbons (Fsp3) is 0.333. The molecule has 0 bridgehead atoms. The number of ether oxygens (including phenoxy) is 1. The van der Waals surface area contributed by atoms with Gasteiger partial charge in [0, 0.05) is 28.0 Å². The number of halogens is 1. The monoisotopic (exact) mass is 390 g/mol. The third kappa shape index (κ3) is 3.60. The van der Waals surface area contributed by atoms with Gasteiger partial charge in [-0.25, -0.2) is 0 Å². The fourth-order valence-corrected chi connectivity index (χ4v) is 3.73. The predicted octanol–water partition coefficient (Wildman–Crippen LogP) is 3.70. The molecule has 2 unspecified atom stereocenters. The van der Waals surface area contributed by atoms with Gasteiger partial charge in [0.15, 0.2) is 0 Å². The maximum Gasteiger partial charge on any atom is 0.233 e. The molecule has 1 aliphatic rings. The van der Waals surface area contributed by atoms with Gasteiger partial charge in [-0.1, -0.05) is 46.3 Å². The van der Waals surface area contributed by atoms with Gasteiger partial charge < -0.3 is 4.74 Å². The third-order valence-corrected chi connectivity index (χ3v) is 4.97. The van der Waals surface area contributed by atoms with Gasteiger partial charge in [0.2, 0.25) is 6.04 Å². The summed E-state index contributed by atoms with van der Waals surface area (Å²) in [6.07, 6.45) is 0. The molecular weight excluding hydrogens is 372 g/mol. The lowest BCUT2D eigenvalue weighted by atomic mass is 9.94. The van der Waals surface area contributed by atoms with E-state index in [0.29, 0.717) is 18.8 Å². The molecule has 1 fully saturated rings. The highest BCUT2D eigenvalue weighted by Crippen LogP contribution is 2.37. The summed E-state index contributed by atoms with van der Waals surface area (Å²) in [6, 6.07) is 15.1. The quantitative estimate of drug-likeness (QED) is 0.576. The van der Waals surface area contributed by atoms with Crippen molar-refractivity contribution in [3.05, 3.63) is 74.2 Å². The lowest BCUT2D eigenvalue weighted by Gasteiger charge is -2.17. The van der Waals surface area contributed by atoms with Crippen LogP contribution in [0, 0.1) is 10.1 Å². The van der Waals surface area contributed by atoms with Crippen molar-refractivity contribution >= 4 is 15.9 Å². The highest BCUT2D eigenvalue weighted by Gasteiger charge is 2.43. The summed E-state index contributed by atoms with van der Waals surface area (Å²) in [4.78, 5) is 13.6. The number of hydrogen-bond donors (Lipinski definition) is 0. The van der Waals surface area contributed by atoms with Crippen LogP contribution in [0.1, 0.15) is 17.0 Å². The maximum atomic E-state index is 11.6. The molecule has 2 aromatic rings. The Morgan fingerprint density at radius 3 is 2.67 bits per heavy atom. The van der Waals surface area contributed by atoms with Crippen LogP contribution in [0.5, 0.6) is 5.75 Å². The highest BCUT2D eigenvalue weighted by atomic mass is 79.9.